The monoisotopic (exact) mass is 421 g/mol. The molecule has 0 heterocycles. The van der Waals surface area contributed by atoms with Gasteiger partial charge in [-0.1, -0.05) is 48.5 Å². The second kappa shape index (κ2) is 11.7. The van der Waals surface area contributed by atoms with E-state index in [1.165, 1.54) is 12.0 Å². The largest absolute Gasteiger partial charge is 0.341 e. The van der Waals surface area contributed by atoms with Crippen molar-refractivity contribution in [2.75, 3.05) is 19.6 Å². The summed E-state index contributed by atoms with van der Waals surface area (Å²) in [6, 6.07) is 19.8. The number of benzene rings is 2. The molecule has 166 valence electrons. The van der Waals surface area contributed by atoms with E-state index in [0.717, 1.165) is 19.4 Å². The maximum Gasteiger partial charge on any atom is 0.251 e. The van der Waals surface area contributed by atoms with Gasteiger partial charge in [-0.2, -0.15) is 0 Å². The highest BCUT2D eigenvalue weighted by atomic mass is 16.2. The molecule has 5 heteroatoms. The molecule has 3 atom stereocenters. The number of carbonyl (C=O) groups excluding carboxylic acids is 2. The highest BCUT2D eigenvalue weighted by molar-refractivity contribution is 5.97. The Bertz CT molecular complexity index is 821. The molecule has 0 bridgehead atoms. The number of unbranched alkanes of at least 4 members (excludes halogenated alkanes) is 1. The zero-order chi connectivity index (χ0) is 22.1. The van der Waals surface area contributed by atoms with Gasteiger partial charge in [0.05, 0.1) is 0 Å². The van der Waals surface area contributed by atoms with E-state index in [-0.39, 0.29) is 11.8 Å². The van der Waals surface area contributed by atoms with Crippen molar-refractivity contribution in [2.24, 2.45) is 0 Å². The van der Waals surface area contributed by atoms with Gasteiger partial charge in [0.25, 0.3) is 5.91 Å². The zero-order valence-corrected chi connectivity index (χ0v) is 18.7. The van der Waals surface area contributed by atoms with Gasteiger partial charge in [-0.25, -0.2) is 0 Å². The van der Waals surface area contributed by atoms with E-state index < -0.39 is 6.04 Å². The summed E-state index contributed by atoms with van der Waals surface area (Å²) >= 11 is 0. The fourth-order valence-corrected chi connectivity index (χ4v) is 4.09. The average molecular weight is 422 g/mol. The van der Waals surface area contributed by atoms with E-state index >= 15 is 0 Å². The van der Waals surface area contributed by atoms with Crippen molar-refractivity contribution in [1.29, 1.82) is 0 Å². The Hall–Kier alpha value is -2.66. The maximum absolute atomic E-state index is 12.9. The summed E-state index contributed by atoms with van der Waals surface area (Å²) in [5, 5.41) is 6.61. The number of hydrogen-bond acceptors (Lipinski definition) is 3. The molecule has 2 amide bonds. The van der Waals surface area contributed by atoms with Crippen molar-refractivity contribution in [3.05, 3.63) is 71.8 Å². The molecule has 1 aliphatic rings. The molecule has 1 fully saturated rings. The third-order valence-electron chi connectivity index (χ3n) is 6.06. The molecule has 0 aliphatic heterocycles. The van der Waals surface area contributed by atoms with Crippen molar-refractivity contribution in [3.8, 4) is 0 Å². The van der Waals surface area contributed by atoms with Gasteiger partial charge in [-0.05, 0) is 63.8 Å². The van der Waals surface area contributed by atoms with Crippen molar-refractivity contribution < 1.29 is 9.59 Å². The summed E-state index contributed by atoms with van der Waals surface area (Å²) in [4.78, 5) is 27.4. The first-order chi connectivity index (χ1) is 15.1. The summed E-state index contributed by atoms with van der Waals surface area (Å²) in [5.41, 5.74) is 2.00. The number of likely N-dealkylation sites (N-methyl/N-ethyl adjacent to an activating group) is 1. The summed E-state index contributed by atoms with van der Waals surface area (Å²) in [6.45, 7) is 6.18. The Labute approximate surface area is 186 Å². The van der Waals surface area contributed by atoms with Crippen molar-refractivity contribution in [1.82, 2.24) is 15.5 Å². The number of hydrogen-bond donors (Lipinski definition) is 2. The van der Waals surface area contributed by atoms with E-state index in [0.29, 0.717) is 37.0 Å². The van der Waals surface area contributed by atoms with Crippen LogP contribution in [0.5, 0.6) is 0 Å². The van der Waals surface area contributed by atoms with Crippen LogP contribution >= 0.6 is 0 Å². The van der Waals surface area contributed by atoms with Crippen LogP contribution in [0.15, 0.2) is 60.7 Å². The van der Waals surface area contributed by atoms with Crippen LogP contribution in [0.2, 0.25) is 0 Å². The molecule has 1 saturated carbocycles. The standard InChI is InChI=1S/C26H35N3O2/c1-3-29(4-2)26(31)23(28-25(30)21-15-9-6-10-16-21)17-11-12-18-27-24-19-22(24)20-13-7-5-8-14-20/h5-10,13-16,22-24,27H,3-4,11-12,17-19H2,1-2H3,(H,28,30)/t22-,23-,24+/m0/s1. The van der Waals surface area contributed by atoms with Gasteiger partial charge in [0.15, 0.2) is 0 Å². The van der Waals surface area contributed by atoms with E-state index in [1.807, 2.05) is 32.0 Å². The van der Waals surface area contributed by atoms with Crippen molar-refractivity contribution >= 4 is 11.8 Å². The van der Waals surface area contributed by atoms with Gasteiger partial charge in [0.1, 0.15) is 6.04 Å². The van der Waals surface area contributed by atoms with Gasteiger partial charge in [0, 0.05) is 30.6 Å². The molecular weight excluding hydrogens is 386 g/mol. The minimum Gasteiger partial charge on any atom is -0.341 e. The molecule has 1 aliphatic carbocycles. The molecule has 0 unspecified atom stereocenters. The molecule has 0 aromatic heterocycles. The highest BCUT2D eigenvalue weighted by Crippen LogP contribution is 2.40. The number of rotatable bonds is 12. The average Bonchev–Trinajstić information content (AvgIpc) is 3.59. The second-order valence-electron chi connectivity index (χ2n) is 8.21. The lowest BCUT2D eigenvalue weighted by molar-refractivity contribution is -0.133. The van der Waals surface area contributed by atoms with Crippen molar-refractivity contribution in [2.45, 2.75) is 57.5 Å². The van der Waals surface area contributed by atoms with Crippen LogP contribution in [0.3, 0.4) is 0 Å². The van der Waals surface area contributed by atoms with Gasteiger partial charge < -0.3 is 15.5 Å². The molecule has 31 heavy (non-hydrogen) atoms. The van der Waals surface area contributed by atoms with E-state index in [2.05, 4.69) is 41.0 Å². The molecule has 2 N–H and O–H groups in total. The predicted molar refractivity (Wildman–Crippen MR) is 125 cm³/mol. The Morgan fingerprint density at radius 3 is 2.26 bits per heavy atom. The lowest BCUT2D eigenvalue weighted by atomic mass is 10.1. The quantitative estimate of drug-likeness (QED) is 0.510. The minimum absolute atomic E-state index is 0.00794. The Morgan fingerprint density at radius 2 is 1.61 bits per heavy atom. The number of amides is 2. The second-order valence-corrected chi connectivity index (χ2v) is 8.21. The molecule has 2 aromatic rings. The zero-order valence-electron chi connectivity index (χ0n) is 18.7. The summed E-state index contributed by atoms with van der Waals surface area (Å²) in [5.74, 6) is 0.449. The van der Waals surface area contributed by atoms with Gasteiger partial charge in [-0.3, -0.25) is 9.59 Å². The molecule has 0 spiro atoms. The van der Waals surface area contributed by atoms with Gasteiger partial charge >= 0.3 is 0 Å². The first-order valence-electron chi connectivity index (χ1n) is 11.6. The number of nitrogens with zero attached hydrogens (tertiary/aromatic N) is 1. The molecule has 5 nitrogen and oxygen atoms in total. The highest BCUT2D eigenvalue weighted by Gasteiger charge is 2.37. The van der Waals surface area contributed by atoms with Crippen molar-refractivity contribution in [3.63, 3.8) is 0 Å². The number of nitrogens with one attached hydrogen (secondary N) is 2. The molecule has 0 radical (unpaired) electrons. The minimum atomic E-state index is -0.481. The van der Waals surface area contributed by atoms with Crippen LogP contribution in [-0.2, 0) is 4.79 Å². The topological polar surface area (TPSA) is 61.4 Å². The molecule has 3 rings (SSSR count). The van der Waals surface area contributed by atoms with Crippen LogP contribution in [0.25, 0.3) is 0 Å². The molecule has 0 saturated heterocycles. The van der Waals surface area contributed by atoms with Gasteiger partial charge in [-0.15, -0.1) is 0 Å². The molecular formula is C26H35N3O2. The van der Waals surface area contributed by atoms with E-state index in [9.17, 15) is 9.59 Å². The van der Waals surface area contributed by atoms with E-state index in [1.54, 1.807) is 17.0 Å². The van der Waals surface area contributed by atoms with Crippen LogP contribution in [0.4, 0.5) is 0 Å². The molecule has 2 aromatic carbocycles. The Morgan fingerprint density at radius 1 is 0.968 bits per heavy atom. The third kappa shape index (κ3) is 6.66. The third-order valence-corrected chi connectivity index (χ3v) is 6.06. The maximum atomic E-state index is 12.9. The Balaban J connectivity index is 1.45. The lowest BCUT2D eigenvalue weighted by Crippen LogP contribution is -2.48. The predicted octanol–water partition coefficient (Wildman–Crippen LogP) is 3.97. The van der Waals surface area contributed by atoms with Crippen LogP contribution < -0.4 is 10.6 Å². The van der Waals surface area contributed by atoms with Crippen LogP contribution in [0, 0.1) is 0 Å². The first kappa shape index (κ1) is 23.0. The Kier molecular flexibility index (Phi) is 8.65. The van der Waals surface area contributed by atoms with E-state index in [4.69, 9.17) is 0 Å². The fourth-order valence-electron chi connectivity index (χ4n) is 4.09. The number of carbonyl (C=O) groups is 2. The summed E-state index contributed by atoms with van der Waals surface area (Å²) in [6.07, 6.45) is 3.73. The van der Waals surface area contributed by atoms with Crippen LogP contribution in [0.1, 0.15) is 61.4 Å². The fraction of sp³-hybridized carbons (Fsp3) is 0.462. The smallest absolute Gasteiger partial charge is 0.251 e. The lowest BCUT2D eigenvalue weighted by Gasteiger charge is -2.26. The first-order valence-corrected chi connectivity index (χ1v) is 11.6. The van der Waals surface area contributed by atoms with Gasteiger partial charge in [0.2, 0.25) is 5.91 Å². The van der Waals surface area contributed by atoms with Crippen LogP contribution in [-0.4, -0.2) is 48.4 Å². The summed E-state index contributed by atoms with van der Waals surface area (Å²) < 4.78 is 0. The SMILES string of the molecule is CCN(CC)C(=O)[C@H](CCCCN[C@@H]1C[C@H]1c1ccccc1)NC(=O)c1ccccc1. The summed E-state index contributed by atoms with van der Waals surface area (Å²) in [7, 11) is 0. The normalized spacial score (nSPS) is 18.3.